The van der Waals surface area contributed by atoms with E-state index >= 15 is 0 Å². The van der Waals surface area contributed by atoms with Gasteiger partial charge in [-0.05, 0) is 72.6 Å². The molecule has 0 heterocycles. The first-order chi connectivity index (χ1) is 15.2. The molecule has 0 aliphatic rings. The summed E-state index contributed by atoms with van der Waals surface area (Å²) in [6.07, 6.45) is 3.33. The van der Waals surface area contributed by atoms with Crippen LogP contribution in [0, 0.1) is 11.3 Å². The second kappa shape index (κ2) is 11.4. The number of esters is 1. The Morgan fingerprint density at radius 2 is 1.42 bits per heavy atom. The molecule has 158 valence electrons. The Morgan fingerprint density at radius 3 is 2.06 bits per heavy atom. The molecule has 0 saturated carbocycles. The zero-order valence-electron chi connectivity index (χ0n) is 17.5. The maximum Gasteiger partial charge on any atom is 0.343 e. The maximum absolute atomic E-state index is 12.4. The first kappa shape index (κ1) is 21.9. The van der Waals surface area contributed by atoms with Crippen molar-refractivity contribution in [1.29, 1.82) is 5.26 Å². The van der Waals surface area contributed by atoms with Gasteiger partial charge in [-0.3, -0.25) is 0 Å². The zero-order valence-corrected chi connectivity index (χ0v) is 17.5. The highest BCUT2D eigenvalue weighted by molar-refractivity contribution is 5.91. The van der Waals surface area contributed by atoms with Gasteiger partial charge in [-0.25, -0.2) is 4.79 Å². The lowest BCUT2D eigenvalue weighted by atomic mass is 10.1. The molecule has 0 unspecified atom stereocenters. The molecule has 0 spiro atoms. The van der Waals surface area contributed by atoms with Gasteiger partial charge in [-0.1, -0.05) is 31.9 Å². The van der Waals surface area contributed by atoms with E-state index in [1.165, 1.54) is 0 Å². The van der Waals surface area contributed by atoms with Crippen LogP contribution in [0.1, 0.15) is 47.7 Å². The minimum absolute atomic E-state index is 0.377. The monoisotopic (exact) mass is 415 g/mol. The summed E-state index contributed by atoms with van der Waals surface area (Å²) >= 11 is 0. The molecule has 3 aromatic carbocycles. The van der Waals surface area contributed by atoms with Crippen LogP contribution in [0.15, 0.2) is 72.8 Å². The molecule has 3 aromatic rings. The average Bonchev–Trinajstić information content (AvgIpc) is 2.82. The van der Waals surface area contributed by atoms with Gasteiger partial charge in [0.05, 0.1) is 23.8 Å². The van der Waals surface area contributed by atoms with Crippen molar-refractivity contribution in [1.82, 2.24) is 0 Å². The van der Waals surface area contributed by atoms with Crippen molar-refractivity contribution < 1.29 is 19.0 Å². The molecular weight excluding hydrogens is 390 g/mol. The number of ether oxygens (including phenoxy) is 3. The molecular formula is C26H25NO4. The van der Waals surface area contributed by atoms with E-state index in [1.807, 2.05) is 12.1 Å². The Kier molecular flexibility index (Phi) is 8.07. The van der Waals surface area contributed by atoms with Gasteiger partial charge >= 0.3 is 5.97 Å². The molecule has 0 atom stereocenters. The van der Waals surface area contributed by atoms with Crippen LogP contribution in [0.5, 0.6) is 17.2 Å². The number of hydrogen-bond donors (Lipinski definition) is 0. The van der Waals surface area contributed by atoms with E-state index in [-0.39, 0.29) is 0 Å². The summed E-state index contributed by atoms with van der Waals surface area (Å²) in [5, 5.41) is 8.84. The lowest BCUT2D eigenvalue weighted by molar-refractivity contribution is 0.0734. The minimum Gasteiger partial charge on any atom is -0.494 e. The SMILES string of the molecule is CCCCCOc1ccc(OC(=O)c2ccc(OCc3ccc(C#N)cc3)cc2)cc1. The molecule has 0 N–H and O–H groups in total. The number of benzene rings is 3. The summed E-state index contributed by atoms with van der Waals surface area (Å²) in [7, 11) is 0. The van der Waals surface area contributed by atoms with Crippen LogP contribution in [0.25, 0.3) is 0 Å². The molecule has 0 aliphatic heterocycles. The minimum atomic E-state index is -0.435. The molecule has 31 heavy (non-hydrogen) atoms. The van der Waals surface area contributed by atoms with Crippen LogP contribution < -0.4 is 14.2 Å². The number of unbranched alkanes of at least 4 members (excludes halogenated alkanes) is 2. The van der Waals surface area contributed by atoms with E-state index in [0.717, 1.165) is 30.6 Å². The Morgan fingerprint density at radius 1 is 0.806 bits per heavy atom. The van der Waals surface area contributed by atoms with Gasteiger partial charge in [0.1, 0.15) is 23.9 Å². The topological polar surface area (TPSA) is 68.6 Å². The van der Waals surface area contributed by atoms with Gasteiger partial charge in [0.2, 0.25) is 0 Å². The molecule has 0 fully saturated rings. The summed E-state index contributed by atoms with van der Waals surface area (Å²) < 4.78 is 16.8. The highest BCUT2D eigenvalue weighted by Crippen LogP contribution is 2.20. The molecule has 0 aliphatic carbocycles. The Bertz CT molecular complexity index is 1000. The molecule has 3 rings (SSSR count). The number of nitrogens with zero attached hydrogens (tertiary/aromatic N) is 1. The van der Waals surface area contributed by atoms with E-state index in [4.69, 9.17) is 19.5 Å². The third-order valence-electron chi connectivity index (χ3n) is 4.63. The van der Waals surface area contributed by atoms with Gasteiger partial charge in [-0.15, -0.1) is 0 Å². The van der Waals surface area contributed by atoms with Gasteiger partial charge in [-0.2, -0.15) is 5.26 Å². The Balaban J connectivity index is 1.48. The van der Waals surface area contributed by atoms with Gasteiger partial charge in [0.25, 0.3) is 0 Å². The van der Waals surface area contributed by atoms with Crippen molar-refractivity contribution in [3.63, 3.8) is 0 Å². The first-order valence-corrected chi connectivity index (χ1v) is 10.3. The number of carbonyl (C=O) groups excluding carboxylic acids is 1. The molecule has 0 radical (unpaired) electrons. The summed E-state index contributed by atoms with van der Waals surface area (Å²) in [4.78, 5) is 12.4. The van der Waals surface area contributed by atoms with Gasteiger partial charge in [0.15, 0.2) is 0 Å². The van der Waals surface area contributed by atoms with Crippen LogP contribution in [0.4, 0.5) is 0 Å². The average molecular weight is 415 g/mol. The van der Waals surface area contributed by atoms with E-state index in [1.54, 1.807) is 60.7 Å². The van der Waals surface area contributed by atoms with Crippen molar-refractivity contribution in [2.75, 3.05) is 6.61 Å². The van der Waals surface area contributed by atoms with Crippen molar-refractivity contribution >= 4 is 5.97 Å². The number of carbonyl (C=O) groups is 1. The van der Waals surface area contributed by atoms with Crippen LogP contribution in [0.2, 0.25) is 0 Å². The second-order valence-corrected chi connectivity index (χ2v) is 7.04. The highest BCUT2D eigenvalue weighted by atomic mass is 16.5. The smallest absolute Gasteiger partial charge is 0.343 e. The van der Waals surface area contributed by atoms with Crippen molar-refractivity contribution in [3.8, 4) is 23.3 Å². The predicted molar refractivity (Wildman–Crippen MR) is 118 cm³/mol. The normalized spacial score (nSPS) is 10.2. The highest BCUT2D eigenvalue weighted by Gasteiger charge is 2.09. The molecule has 0 saturated heterocycles. The summed E-state index contributed by atoms with van der Waals surface area (Å²) in [5.74, 6) is 1.44. The second-order valence-electron chi connectivity index (χ2n) is 7.04. The standard InChI is InChI=1S/C26H25NO4/c1-2-3-4-17-29-23-13-15-25(16-14-23)31-26(28)22-9-11-24(12-10-22)30-19-21-7-5-20(18-27)6-8-21/h5-16H,2-4,17,19H2,1H3. The van der Waals surface area contributed by atoms with Crippen LogP contribution in [-0.2, 0) is 6.61 Å². The molecule has 0 aromatic heterocycles. The van der Waals surface area contributed by atoms with Gasteiger partial charge in [0, 0.05) is 0 Å². The summed E-state index contributed by atoms with van der Waals surface area (Å²) in [6.45, 7) is 3.22. The fourth-order valence-electron chi connectivity index (χ4n) is 2.84. The van der Waals surface area contributed by atoms with Crippen LogP contribution >= 0.6 is 0 Å². The molecule has 5 heteroatoms. The molecule has 5 nitrogen and oxygen atoms in total. The third kappa shape index (κ3) is 6.90. The van der Waals surface area contributed by atoms with E-state index < -0.39 is 5.97 Å². The lowest BCUT2D eigenvalue weighted by Crippen LogP contribution is -2.08. The fraction of sp³-hybridized carbons (Fsp3) is 0.231. The largest absolute Gasteiger partial charge is 0.494 e. The predicted octanol–water partition coefficient (Wildman–Crippen LogP) is 5.93. The Hall–Kier alpha value is -3.78. The lowest BCUT2D eigenvalue weighted by Gasteiger charge is -2.09. The zero-order chi connectivity index (χ0) is 21.9. The first-order valence-electron chi connectivity index (χ1n) is 10.3. The molecule has 0 amide bonds. The van der Waals surface area contributed by atoms with Crippen molar-refractivity contribution in [2.45, 2.75) is 32.8 Å². The van der Waals surface area contributed by atoms with Crippen LogP contribution in [-0.4, -0.2) is 12.6 Å². The van der Waals surface area contributed by atoms with Crippen molar-refractivity contribution in [3.05, 3.63) is 89.5 Å². The van der Waals surface area contributed by atoms with Gasteiger partial charge < -0.3 is 14.2 Å². The van der Waals surface area contributed by atoms with Crippen molar-refractivity contribution in [2.24, 2.45) is 0 Å². The summed E-state index contributed by atoms with van der Waals surface area (Å²) in [5.41, 5.74) is 2.01. The molecule has 0 bridgehead atoms. The third-order valence-corrected chi connectivity index (χ3v) is 4.63. The van der Waals surface area contributed by atoms with E-state index in [9.17, 15) is 4.79 Å². The summed E-state index contributed by atoms with van der Waals surface area (Å²) in [6, 6.07) is 23.1. The fourth-order valence-corrected chi connectivity index (χ4v) is 2.84. The number of hydrogen-bond acceptors (Lipinski definition) is 5. The maximum atomic E-state index is 12.4. The number of nitriles is 1. The Labute approximate surface area is 182 Å². The quantitative estimate of drug-likeness (QED) is 0.233. The van der Waals surface area contributed by atoms with E-state index in [2.05, 4.69) is 13.0 Å². The van der Waals surface area contributed by atoms with Crippen LogP contribution in [0.3, 0.4) is 0 Å². The van der Waals surface area contributed by atoms with E-state index in [0.29, 0.717) is 35.8 Å². The number of rotatable bonds is 10.